The fraction of sp³-hybridized carbons (Fsp3) is 0.591. The molecule has 7 nitrogen and oxygen atoms in total. The highest BCUT2D eigenvalue weighted by Crippen LogP contribution is 2.09. The maximum Gasteiger partial charge on any atom is 0.238 e. The summed E-state index contributed by atoms with van der Waals surface area (Å²) in [7, 11) is -3.76. The number of ether oxygens (including phenoxy) is 1. The number of morpholine rings is 1. The van der Waals surface area contributed by atoms with Gasteiger partial charge in [-0.3, -0.25) is 9.69 Å². The lowest BCUT2D eigenvalue weighted by molar-refractivity contribution is -0.124. The SMILES string of the molecule is CSCCC(NS(=O)(=O)/C=C/c1ccccc1)C(=O)NCC1CN(CC(C)C)CCO1. The molecule has 0 aromatic heterocycles. The van der Waals surface area contributed by atoms with Crippen molar-refractivity contribution in [3.8, 4) is 0 Å². The van der Waals surface area contributed by atoms with Gasteiger partial charge in [0.05, 0.1) is 12.7 Å². The van der Waals surface area contributed by atoms with Gasteiger partial charge in [0.1, 0.15) is 6.04 Å². The van der Waals surface area contributed by atoms with E-state index in [4.69, 9.17) is 4.74 Å². The predicted octanol–water partition coefficient (Wildman–Crippen LogP) is 2.17. The van der Waals surface area contributed by atoms with Crippen LogP contribution in [0.25, 0.3) is 6.08 Å². The van der Waals surface area contributed by atoms with Crippen molar-refractivity contribution in [2.24, 2.45) is 5.92 Å². The van der Waals surface area contributed by atoms with E-state index in [1.807, 2.05) is 36.6 Å². The summed E-state index contributed by atoms with van der Waals surface area (Å²) in [5, 5.41) is 3.99. The van der Waals surface area contributed by atoms with Gasteiger partial charge in [-0.25, -0.2) is 8.42 Å². The highest BCUT2D eigenvalue weighted by atomic mass is 32.2. The maximum atomic E-state index is 12.8. The van der Waals surface area contributed by atoms with Crippen LogP contribution in [0.5, 0.6) is 0 Å². The third kappa shape index (κ3) is 10.2. The summed E-state index contributed by atoms with van der Waals surface area (Å²) in [6, 6.07) is 8.35. The second-order valence-electron chi connectivity index (χ2n) is 8.10. The first-order valence-corrected chi connectivity index (χ1v) is 13.6. The lowest BCUT2D eigenvalue weighted by Crippen LogP contribution is -2.52. The highest BCUT2D eigenvalue weighted by molar-refractivity contribution is 7.98. The molecular weight excluding hydrogens is 434 g/mol. The largest absolute Gasteiger partial charge is 0.374 e. The summed E-state index contributed by atoms with van der Waals surface area (Å²) in [4.78, 5) is 15.1. The first-order valence-electron chi connectivity index (χ1n) is 10.6. The first kappa shape index (κ1) is 25.9. The average molecular weight is 470 g/mol. The number of nitrogens with one attached hydrogen (secondary N) is 2. The van der Waals surface area contributed by atoms with Crippen molar-refractivity contribution in [2.75, 3.05) is 44.8 Å². The lowest BCUT2D eigenvalue weighted by Gasteiger charge is -2.34. The minimum atomic E-state index is -3.76. The summed E-state index contributed by atoms with van der Waals surface area (Å²) >= 11 is 1.57. The van der Waals surface area contributed by atoms with Gasteiger partial charge in [0.15, 0.2) is 0 Å². The maximum absolute atomic E-state index is 12.8. The first-order chi connectivity index (χ1) is 14.8. The van der Waals surface area contributed by atoms with Crippen molar-refractivity contribution in [3.05, 3.63) is 41.3 Å². The standard InChI is InChI=1S/C22H35N3O4S2/c1-18(2)16-25-11-12-29-20(17-25)15-23-22(26)21(9-13-30-3)24-31(27,28)14-10-19-7-5-4-6-8-19/h4-8,10,14,18,20-21,24H,9,11-13,15-17H2,1-3H3,(H,23,26)/b14-10+. The third-order valence-electron chi connectivity index (χ3n) is 4.82. The van der Waals surface area contributed by atoms with E-state index in [0.717, 1.165) is 30.6 Å². The van der Waals surface area contributed by atoms with Crippen LogP contribution in [0, 0.1) is 5.92 Å². The third-order valence-corrected chi connectivity index (χ3v) is 6.57. The zero-order chi connectivity index (χ0) is 22.7. The van der Waals surface area contributed by atoms with E-state index in [9.17, 15) is 13.2 Å². The molecule has 0 bridgehead atoms. The van der Waals surface area contributed by atoms with Gasteiger partial charge >= 0.3 is 0 Å². The Morgan fingerprint density at radius 1 is 1.32 bits per heavy atom. The molecule has 0 saturated carbocycles. The van der Waals surface area contributed by atoms with Crippen LogP contribution in [0.4, 0.5) is 0 Å². The Morgan fingerprint density at radius 2 is 2.06 bits per heavy atom. The summed E-state index contributed by atoms with van der Waals surface area (Å²) in [5.41, 5.74) is 0.776. The van der Waals surface area contributed by atoms with Gasteiger partial charge in [-0.15, -0.1) is 0 Å². The molecule has 1 aliphatic heterocycles. The summed E-state index contributed by atoms with van der Waals surface area (Å²) in [6.45, 7) is 8.02. The molecule has 1 aliphatic rings. The molecule has 0 aliphatic carbocycles. The molecule has 0 spiro atoms. The van der Waals surface area contributed by atoms with Crippen molar-refractivity contribution >= 4 is 33.8 Å². The Labute approximate surface area is 191 Å². The molecule has 1 aromatic rings. The van der Waals surface area contributed by atoms with Crippen LogP contribution >= 0.6 is 11.8 Å². The van der Waals surface area contributed by atoms with E-state index in [1.54, 1.807) is 11.8 Å². The van der Waals surface area contributed by atoms with E-state index in [0.29, 0.717) is 31.2 Å². The van der Waals surface area contributed by atoms with Crippen molar-refractivity contribution in [1.29, 1.82) is 0 Å². The van der Waals surface area contributed by atoms with Crippen LogP contribution in [-0.4, -0.2) is 76.2 Å². The molecule has 9 heteroatoms. The molecule has 1 heterocycles. The number of carbonyl (C=O) groups is 1. The van der Waals surface area contributed by atoms with Crippen LogP contribution in [0.1, 0.15) is 25.8 Å². The molecule has 1 aromatic carbocycles. The van der Waals surface area contributed by atoms with Gasteiger partial charge in [0, 0.05) is 31.6 Å². The Bertz CT molecular complexity index is 800. The molecule has 174 valence electrons. The van der Waals surface area contributed by atoms with Gasteiger partial charge in [-0.05, 0) is 36.0 Å². The van der Waals surface area contributed by atoms with Crippen molar-refractivity contribution in [2.45, 2.75) is 32.4 Å². The number of rotatable bonds is 12. The average Bonchev–Trinajstić information content (AvgIpc) is 2.74. The van der Waals surface area contributed by atoms with Crippen LogP contribution in [0.3, 0.4) is 0 Å². The van der Waals surface area contributed by atoms with Crippen molar-refractivity contribution in [1.82, 2.24) is 14.9 Å². The minimum Gasteiger partial charge on any atom is -0.374 e. The Kier molecular flexibility index (Phi) is 11.0. The number of nitrogens with zero attached hydrogens (tertiary/aromatic N) is 1. The smallest absolute Gasteiger partial charge is 0.238 e. The van der Waals surface area contributed by atoms with Gasteiger partial charge in [-0.1, -0.05) is 44.2 Å². The molecule has 1 saturated heterocycles. The van der Waals surface area contributed by atoms with Crippen LogP contribution < -0.4 is 10.0 Å². The monoisotopic (exact) mass is 469 g/mol. The highest BCUT2D eigenvalue weighted by Gasteiger charge is 2.25. The molecule has 0 radical (unpaired) electrons. The van der Waals surface area contributed by atoms with Crippen molar-refractivity contribution < 1.29 is 17.9 Å². The number of carbonyl (C=O) groups excluding carboxylic acids is 1. The van der Waals surface area contributed by atoms with Gasteiger partial charge < -0.3 is 10.1 Å². The van der Waals surface area contributed by atoms with Crippen LogP contribution in [-0.2, 0) is 19.6 Å². The van der Waals surface area contributed by atoms with Crippen molar-refractivity contribution in [3.63, 3.8) is 0 Å². The fourth-order valence-corrected chi connectivity index (χ4v) is 4.88. The lowest BCUT2D eigenvalue weighted by atomic mass is 10.1. The van der Waals surface area contributed by atoms with E-state index < -0.39 is 16.1 Å². The topological polar surface area (TPSA) is 87.7 Å². The number of sulfonamides is 1. The molecule has 31 heavy (non-hydrogen) atoms. The number of benzene rings is 1. The number of thioether (sulfide) groups is 1. The van der Waals surface area contributed by atoms with E-state index in [1.165, 1.54) is 6.08 Å². The molecule has 1 fully saturated rings. The summed E-state index contributed by atoms with van der Waals surface area (Å²) < 4.78 is 33.3. The van der Waals surface area contributed by atoms with Gasteiger partial charge in [0.2, 0.25) is 15.9 Å². The molecule has 2 rings (SSSR count). The predicted molar refractivity (Wildman–Crippen MR) is 128 cm³/mol. The molecule has 2 unspecified atom stereocenters. The minimum absolute atomic E-state index is 0.0905. The quantitative estimate of drug-likeness (QED) is 0.488. The molecule has 2 atom stereocenters. The fourth-order valence-electron chi connectivity index (χ4n) is 3.37. The number of hydrogen-bond donors (Lipinski definition) is 2. The molecule has 1 amide bonds. The second kappa shape index (κ2) is 13.2. The van der Waals surface area contributed by atoms with Crippen LogP contribution in [0.15, 0.2) is 35.7 Å². The zero-order valence-corrected chi connectivity index (χ0v) is 20.3. The normalized spacial score (nSPS) is 19.0. The van der Waals surface area contributed by atoms with Gasteiger partial charge in [0.25, 0.3) is 0 Å². The summed E-state index contributed by atoms with van der Waals surface area (Å²) in [5.74, 6) is 0.920. The van der Waals surface area contributed by atoms with Gasteiger partial charge in [-0.2, -0.15) is 16.5 Å². The van der Waals surface area contributed by atoms with E-state index in [-0.39, 0.29) is 12.0 Å². The number of hydrogen-bond acceptors (Lipinski definition) is 6. The molecular formula is C22H35N3O4S2. The number of amides is 1. The molecule has 2 N–H and O–H groups in total. The Balaban J connectivity index is 1.92. The summed E-state index contributed by atoms with van der Waals surface area (Å²) in [6.07, 6.45) is 3.77. The van der Waals surface area contributed by atoms with E-state index in [2.05, 4.69) is 28.8 Å². The Hall–Kier alpha value is -1.39. The second-order valence-corrected chi connectivity index (χ2v) is 10.7. The Morgan fingerprint density at radius 3 is 2.74 bits per heavy atom. The van der Waals surface area contributed by atoms with E-state index >= 15 is 0 Å². The zero-order valence-electron chi connectivity index (χ0n) is 18.6. The van der Waals surface area contributed by atoms with Crippen LogP contribution in [0.2, 0.25) is 0 Å².